The number of piperazine rings is 1. The van der Waals surface area contributed by atoms with Crippen molar-refractivity contribution in [1.82, 2.24) is 24.4 Å². The number of fused-ring (bicyclic) bond motifs is 5. The van der Waals surface area contributed by atoms with Gasteiger partial charge in [-0.2, -0.15) is 10.2 Å². The fraction of sp³-hybridized carbons (Fsp3) is 0.353. The molecule has 2 bridgehead atoms. The van der Waals surface area contributed by atoms with Gasteiger partial charge in [0.15, 0.2) is 11.5 Å². The molecule has 46 heavy (non-hydrogen) atoms. The SMILES string of the molecule is CC(C)c1nccc2c1-n1c(=O)nc(N3C[C@@H](C)N(C(=O)/C=C/C#N)C[C@@H]3C)c3cc(F)c(nc31)-c1c(F)cccc1OCCC2. The quantitative estimate of drug-likeness (QED) is 0.229. The van der Waals surface area contributed by atoms with Crippen LogP contribution in [0.4, 0.5) is 14.6 Å². The van der Waals surface area contributed by atoms with E-state index in [1.165, 1.54) is 28.8 Å². The number of nitriles is 1. The van der Waals surface area contributed by atoms with Crippen LogP contribution in [0, 0.1) is 23.0 Å². The van der Waals surface area contributed by atoms with Crippen LogP contribution in [0.25, 0.3) is 28.0 Å². The summed E-state index contributed by atoms with van der Waals surface area (Å²) in [7, 11) is 0. The number of halogens is 2. The first-order chi connectivity index (χ1) is 22.1. The van der Waals surface area contributed by atoms with Gasteiger partial charge in [0.1, 0.15) is 23.1 Å². The first kappa shape index (κ1) is 30.8. The van der Waals surface area contributed by atoms with Gasteiger partial charge >= 0.3 is 5.69 Å². The highest BCUT2D eigenvalue weighted by Gasteiger charge is 2.34. The Morgan fingerprint density at radius 1 is 1.13 bits per heavy atom. The van der Waals surface area contributed by atoms with E-state index < -0.39 is 17.3 Å². The van der Waals surface area contributed by atoms with Crippen molar-refractivity contribution in [2.24, 2.45) is 0 Å². The zero-order chi connectivity index (χ0) is 32.7. The van der Waals surface area contributed by atoms with Gasteiger partial charge in [-0.15, -0.1) is 0 Å². The van der Waals surface area contributed by atoms with Gasteiger partial charge in [0.25, 0.3) is 0 Å². The summed E-state index contributed by atoms with van der Waals surface area (Å²) < 4.78 is 39.0. The first-order valence-electron chi connectivity index (χ1n) is 15.3. The molecular weight excluding hydrogens is 592 g/mol. The second-order valence-corrected chi connectivity index (χ2v) is 12.0. The van der Waals surface area contributed by atoms with Gasteiger partial charge in [-0.25, -0.2) is 23.1 Å². The van der Waals surface area contributed by atoms with Crippen molar-refractivity contribution in [3.8, 4) is 28.8 Å². The van der Waals surface area contributed by atoms with E-state index in [1.54, 1.807) is 17.2 Å². The molecule has 0 saturated carbocycles. The predicted molar refractivity (Wildman–Crippen MR) is 169 cm³/mol. The molecule has 0 unspecified atom stereocenters. The van der Waals surface area contributed by atoms with Crippen LogP contribution in [-0.2, 0) is 11.2 Å². The molecule has 6 rings (SSSR count). The molecule has 0 spiro atoms. The number of benzene rings is 1. The minimum absolute atomic E-state index is 0.0830. The molecule has 10 nitrogen and oxygen atoms in total. The van der Waals surface area contributed by atoms with Crippen molar-refractivity contribution in [2.45, 2.75) is 58.5 Å². The third-order valence-electron chi connectivity index (χ3n) is 8.51. The summed E-state index contributed by atoms with van der Waals surface area (Å²) in [4.78, 5) is 44.4. The highest BCUT2D eigenvalue weighted by Crippen LogP contribution is 2.38. The number of amides is 1. The number of carbonyl (C=O) groups is 1. The van der Waals surface area contributed by atoms with Crippen molar-refractivity contribution < 1.29 is 18.3 Å². The second kappa shape index (κ2) is 12.3. The van der Waals surface area contributed by atoms with E-state index >= 15 is 8.78 Å². The summed E-state index contributed by atoms with van der Waals surface area (Å²) in [5, 5.41) is 9.13. The molecule has 1 amide bonds. The number of hydrogen-bond acceptors (Lipinski definition) is 8. The lowest BCUT2D eigenvalue weighted by molar-refractivity contribution is -0.128. The molecule has 3 aromatic heterocycles. The van der Waals surface area contributed by atoms with Crippen LogP contribution < -0.4 is 15.3 Å². The lowest BCUT2D eigenvalue weighted by atomic mass is 10.0. The number of nitrogens with zero attached hydrogens (tertiary/aromatic N) is 7. The maximum absolute atomic E-state index is 16.2. The van der Waals surface area contributed by atoms with Gasteiger partial charge in [-0.1, -0.05) is 19.9 Å². The van der Waals surface area contributed by atoms with Crippen LogP contribution in [-0.4, -0.2) is 62.1 Å². The summed E-state index contributed by atoms with van der Waals surface area (Å²) in [6.45, 7) is 8.45. The number of anilines is 1. The Balaban J connectivity index is 1.64. The predicted octanol–water partition coefficient (Wildman–Crippen LogP) is 5.07. The van der Waals surface area contributed by atoms with Crippen LogP contribution in [0.5, 0.6) is 5.75 Å². The van der Waals surface area contributed by atoms with Gasteiger partial charge in [0.2, 0.25) is 5.91 Å². The molecule has 1 fully saturated rings. The topological polar surface area (TPSA) is 117 Å². The molecule has 236 valence electrons. The Bertz CT molecular complexity index is 1980. The number of ether oxygens (including phenoxy) is 1. The number of aryl methyl sites for hydroxylation is 1. The average Bonchev–Trinajstić information content (AvgIpc) is 3.02. The molecule has 0 N–H and O–H groups in total. The molecule has 2 aliphatic rings. The summed E-state index contributed by atoms with van der Waals surface area (Å²) in [6, 6.07) is 8.56. The summed E-state index contributed by atoms with van der Waals surface area (Å²) in [5.41, 5.74) is 1.04. The Labute approximate surface area is 264 Å². The number of allylic oxidation sites excluding steroid dienone is 1. The van der Waals surface area contributed by atoms with Crippen LogP contribution in [0.15, 0.2) is 53.5 Å². The van der Waals surface area contributed by atoms with Gasteiger partial charge in [0.05, 0.1) is 35.0 Å². The normalized spacial score (nSPS) is 18.1. The van der Waals surface area contributed by atoms with E-state index in [0.29, 0.717) is 24.2 Å². The van der Waals surface area contributed by atoms with Crippen LogP contribution in [0.2, 0.25) is 0 Å². The lowest BCUT2D eigenvalue weighted by Crippen LogP contribution is -2.58. The highest BCUT2D eigenvalue weighted by molar-refractivity contribution is 5.92. The van der Waals surface area contributed by atoms with Gasteiger partial charge in [-0.3, -0.25) is 9.78 Å². The molecule has 4 aromatic rings. The van der Waals surface area contributed by atoms with E-state index in [2.05, 4.69) is 9.97 Å². The minimum Gasteiger partial charge on any atom is -0.493 e. The number of hydrogen-bond donors (Lipinski definition) is 0. The lowest BCUT2D eigenvalue weighted by Gasteiger charge is -2.44. The average molecular weight is 626 g/mol. The number of rotatable bonds is 3. The zero-order valence-electron chi connectivity index (χ0n) is 26.0. The van der Waals surface area contributed by atoms with E-state index in [-0.39, 0.29) is 77.5 Å². The van der Waals surface area contributed by atoms with E-state index in [1.807, 2.05) is 44.7 Å². The Morgan fingerprint density at radius 3 is 2.70 bits per heavy atom. The molecule has 2 aliphatic heterocycles. The molecule has 0 radical (unpaired) electrons. The number of aromatic nitrogens is 4. The maximum atomic E-state index is 16.2. The summed E-state index contributed by atoms with van der Waals surface area (Å²) in [5.74, 6) is -1.54. The third-order valence-corrected chi connectivity index (χ3v) is 8.51. The van der Waals surface area contributed by atoms with Crippen molar-refractivity contribution in [1.29, 1.82) is 5.26 Å². The molecular formula is C34H33F2N7O3. The largest absolute Gasteiger partial charge is 0.493 e. The standard InChI is InChI=1S/C34H33F2N7O3/c1-19(2)29-31-22(12-14-38-29)8-7-15-46-26-10-5-9-24(35)28(26)30-25(36)16-23-32(40-34(45)43(31)33(23)39-30)42-18-20(3)41(17-21(42)4)27(44)11-6-13-37/h5-6,9-12,14,16,19-21H,7-8,15,17-18H2,1-4H3/b11-6+/t20-,21+/m1/s1. The minimum atomic E-state index is -0.806. The second-order valence-electron chi connectivity index (χ2n) is 12.0. The van der Waals surface area contributed by atoms with E-state index in [9.17, 15) is 9.59 Å². The molecule has 1 saturated heterocycles. The fourth-order valence-corrected chi connectivity index (χ4v) is 6.33. The fourth-order valence-electron chi connectivity index (χ4n) is 6.33. The first-order valence-corrected chi connectivity index (χ1v) is 15.3. The van der Waals surface area contributed by atoms with Crippen molar-refractivity contribution in [2.75, 3.05) is 24.6 Å². The zero-order valence-corrected chi connectivity index (χ0v) is 26.0. The number of carbonyl (C=O) groups excluding carboxylic acids is 1. The molecule has 5 heterocycles. The third kappa shape index (κ3) is 5.36. The monoisotopic (exact) mass is 625 g/mol. The van der Waals surface area contributed by atoms with Crippen molar-refractivity contribution in [3.63, 3.8) is 0 Å². The molecule has 12 heteroatoms. The Kier molecular flexibility index (Phi) is 8.25. The Morgan fingerprint density at radius 2 is 1.93 bits per heavy atom. The summed E-state index contributed by atoms with van der Waals surface area (Å²) >= 11 is 0. The van der Waals surface area contributed by atoms with Crippen LogP contribution in [0.1, 0.15) is 51.3 Å². The molecule has 2 atom stereocenters. The van der Waals surface area contributed by atoms with Crippen LogP contribution >= 0.6 is 0 Å². The summed E-state index contributed by atoms with van der Waals surface area (Å²) in [6.07, 6.45) is 5.13. The van der Waals surface area contributed by atoms with Gasteiger partial charge in [0, 0.05) is 43.5 Å². The molecule has 0 aliphatic carbocycles. The van der Waals surface area contributed by atoms with Crippen molar-refractivity contribution >= 4 is 22.8 Å². The van der Waals surface area contributed by atoms with Crippen molar-refractivity contribution in [3.05, 3.63) is 82.1 Å². The Hall–Kier alpha value is -5.18. The van der Waals surface area contributed by atoms with Gasteiger partial charge < -0.3 is 14.5 Å². The maximum Gasteiger partial charge on any atom is 0.355 e. The number of pyridine rings is 2. The van der Waals surface area contributed by atoms with Gasteiger partial charge in [-0.05, 0) is 62.4 Å². The smallest absolute Gasteiger partial charge is 0.355 e. The molecule has 1 aromatic carbocycles. The van der Waals surface area contributed by atoms with E-state index in [4.69, 9.17) is 15.0 Å². The highest BCUT2D eigenvalue weighted by atomic mass is 19.1. The van der Waals surface area contributed by atoms with E-state index in [0.717, 1.165) is 11.6 Å². The van der Waals surface area contributed by atoms with Crippen LogP contribution in [0.3, 0.4) is 0 Å².